The van der Waals surface area contributed by atoms with Crippen molar-refractivity contribution in [2.75, 3.05) is 7.11 Å². The van der Waals surface area contributed by atoms with Gasteiger partial charge in [0.25, 0.3) is 5.91 Å². The number of carbonyl (C=O) groups is 1. The molecule has 0 radical (unpaired) electrons. The Balaban J connectivity index is 1.39. The van der Waals surface area contributed by atoms with E-state index in [9.17, 15) is 4.79 Å². The fourth-order valence-corrected chi connectivity index (χ4v) is 3.73. The molecule has 0 aliphatic carbocycles. The van der Waals surface area contributed by atoms with Crippen LogP contribution in [0.1, 0.15) is 26.8 Å². The first kappa shape index (κ1) is 17.3. The van der Waals surface area contributed by atoms with Gasteiger partial charge < -0.3 is 15.0 Å². The molecule has 0 bridgehead atoms. The Morgan fingerprint density at radius 1 is 1.19 bits per heavy atom. The third-order valence-corrected chi connectivity index (χ3v) is 5.15. The minimum atomic E-state index is -0.165. The summed E-state index contributed by atoms with van der Waals surface area (Å²) in [6, 6.07) is 18.0. The van der Waals surface area contributed by atoms with Crippen LogP contribution in [0, 0.1) is 0 Å². The lowest BCUT2D eigenvalue weighted by Gasteiger charge is -2.01. The Hall–Kier alpha value is -3.12. The SMILES string of the molecule is COc1ccc2[nH]c(CNC(=O)c3csc(Cc4ccccc4)n3)cc2c1. The van der Waals surface area contributed by atoms with Crippen molar-refractivity contribution in [3.05, 3.63) is 81.9 Å². The summed E-state index contributed by atoms with van der Waals surface area (Å²) in [5.41, 5.74) is 3.60. The number of ether oxygens (including phenoxy) is 1. The summed E-state index contributed by atoms with van der Waals surface area (Å²) in [6.45, 7) is 0.418. The number of thiazole rings is 1. The minimum absolute atomic E-state index is 0.165. The Labute approximate surface area is 161 Å². The van der Waals surface area contributed by atoms with Crippen LogP contribution < -0.4 is 10.1 Å². The normalized spacial score (nSPS) is 10.9. The molecule has 4 aromatic rings. The number of rotatable bonds is 6. The molecule has 0 atom stereocenters. The molecule has 6 heteroatoms. The number of benzene rings is 2. The second-order valence-corrected chi connectivity index (χ2v) is 7.16. The lowest BCUT2D eigenvalue weighted by atomic mass is 10.2. The van der Waals surface area contributed by atoms with Gasteiger partial charge in [-0.2, -0.15) is 0 Å². The minimum Gasteiger partial charge on any atom is -0.497 e. The van der Waals surface area contributed by atoms with Gasteiger partial charge >= 0.3 is 0 Å². The molecule has 2 aromatic carbocycles. The molecule has 0 spiro atoms. The van der Waals surface area contributed by atoms with Crippen LogP contribution in [-0.2, 0) is 13.0 Å². The van der Waals surface area contributed by atoms with Crippen molar-refractivity contribution < 1.29 is 9.53 Å². The van der Waals surface area contributed by atoms with Crippen molar-refractivity contribution in [3.8, 4) is 5.75 Å². The van der Waals surface area contributed by atoms with Crippen LogP contribution in [0.25, 0.3) is 10.9 Å². The predicted molar refractivity (Wildman–Crippen MR) is 107 cm³/mol. The average Bonchev–Trinajstić information content (AvgIpc) is 3.33. The Morgan fingerprint density at radius 3 is 2.85 bits per heavy atom. The molecule has 27 heavy (non-hydrogen) atoms. The highest BCUT2D eigenvalue weighted by Crippen LogP contribution is 2.21. The summed E-state index contributed by atoms with van der Waals surface area (Å²) in [6.07, 6.45) is 0.739. The van der Waals surface area contributed by atoms with Gasteiger partial charge in [0.05, 0.1) is 18.7 Å². The molecular formula is C21H19N3O2S. The first-order valence-electron chi connectivity index (χ1n) is 8.63. The topological polar surface area (TPSA) is 67.0 Å². The van der Waals surface area contributed by atoms with Gasteiger partial charge in [0, 0.05) is 28.4 Å². The van der Waals surface area contributed by atoms with E-state index < -0.39 is 0 Å². The fourth-order valence-electron chi connectivity index (χ4n) is 2.93. The van der Waals surface area contributed by atoms with Gasteiger partial charge in [-0.1, -0.05) is 30.3 Å². The van der Waals surface area contributed by atoms with E-state index in [-0.39, 0.29) is 5.91 Å². The molecule has 2 N–H and O–H groups in total. The van der Waals surface area contributed by atoms with Crippen LogP contribution in [0.3, 0.4) is 0 Å². The molecule has 1 amide bonds. The molecule has 0 unspecified atom stereocenters. The smallest absolute Gasteiger partial charge is 0.271 e. The van der Waals surface area contributed by atoms with Crippen LogP contribution in [0.15, 0.2) is 60.0 Å². The highest BCUT2D eigenvalue weighted by atomic mass is 32.1. The third kappa shape index (κ3) is 4.01. The number of hydrogen-bond acceptors (Lipinski definition) is 4. The molecular weight excluding hydrogens is 358 g/mol. The highest BCUT2D eigenvalue weighted by molar-refractivity contribution is 7.09. The maximum atomic E-state index is 12.4. The van der Waals surface area contributed by atoms with Crippen molar-refractivity contribution in [1.29, 1.82) is 0 Å². The number of methoxy groups -OCH3 is 1. The molecule has 4 rings (SSSR count). The summed E-state index contributed by atoms with van der Waals surface area (Å²) in [5, 5.41) is 6.72. The number of hydrogen-bond donors (Lipinski definition) is 2. The summed E-state index contributed by atoms with van der Waals surface area (Å²) in [4.78, 5) is 20.2. The van der Waals surface area contributed by atoms with E-state index in [0.29, 0.717) is 12.2 Å². The molecule has 0 saturated heterocycles. The standard InChI is InChI=1S/C21H19N3O2S/c1-26-17-7-8-18-15(11-17)10-16(23-18)12-22-21(25)19-13-27-20(24-19)9-14-5-3-2-4-6-14/h2-8,10-11,13,23H,9,12H2,1H3,(H,22,25). The predicted octanol–water partition coefficient (Wildman–Crippen LogP) is 4.15. The number of aromatic nitrogens is 2. The molecule has 136 valence electrons. The van der Waals surface area contributed by atoms with E-state index in [1.807, 2.05) is 47.8 Å². The van der Waals surface area contributed by atoms with Gasteiger partial charge in [0.1, 0.15) is 11.4 Å². The molecule has 5 nitrogen and oxygen atoms in total. The second kappa shape index (κ2) is 7.63. The first-order valence-corrected chi connectivity index (χ1v) is 9.51. The monoisotopic (exact) mass is 377 g/mol. The van der Waals surface area contributed by atoms with Crippen LogP contribution in [-0.4, -0.2) is 23.0 Å². The van der Waals surface area contributed by atoms with Crippen molar-refractivity contribution >= 4 is 28.1 Å². The Kier molecular flexibility index (Phi) is 4.89. The molecule has 2 heterocycles. The lowest BCUT2D eigenvalue weighted by molar-refractivity contribution is 0.0946. The number of aromatic amines is 1. The van der Waals surface area contributed by atoms with Gasteiger partial charge in [0.2, 0.25) is 0 Å². The Morgan fingerprint density at radius 2 is 2.04 bits per heavy atom. The largest absolute Gasteiger partial charge is 0.497 e. The van der Waals surface area contributed by atoms with E-state index in [1.54, 1.807) is 7.11 Å². The number of amides is 1. The molecule has 0 aliphatic rings. The number of carbonyl (C=O) groups excluding carboxylic acids is 1. The summed E-state index contributed by atoms with van der Waals surface area (Å²) in [7, 11) is 1.65. The zero-order valence-corrected chi connectivity index (χ0v) is 15.7. The summed E-state index contributed by atoms with van der Waals surface area (Å²) < 4.78 is 5.24. The highest BCUT2D eigenvalue weighted by Gasteiger charge is 2.11. The van der Waals surface area contributed by atoms with Gasteiger partial charge in [-0.25, -0.2) is 4.98 Å². The first-order chi connectivity index (χ1) is 13.2. The molecule has 0 fully saturated rings. The zero-order chi connectivity index (χ0) is 18.6. The lowest BCUT2D eigenvalue weighted by Crippen LogP contribution is -2.23. The summed E-state index contributed by atoms with van der Waals surface area (Å²) in [5.74, 6) is 0.646. The number of H-pyrrole nitrogens is 1. The molecule has 2 aromatic heterocycles. The maximum Gasteiger partial charge on any atom is 0.271 e. The maximum absolute atomic E-state index is 12.4. The van der Waals surface area contributed by atoms with Crippen molar-refractivity contribution in [2.24, 2.45) is 0 Å². The second-order valence-electron chi connectivity index (χ2n) is 6.22. The number of fused-ring (bicyclic) bond motifs is 1. The number of nitrogens with one attached hydrogen (secondary N) is 2. The average molecular weight is 377 g/mol. The third-order valence-electron chi connectivity index (χ3n) is 4.31. The van der Waals surface area contributed by atoms with Crippen molar-refractivity contribution in [3.63, 3.8) is 0 Å². The van der Waals surface area contributed by atoms with Crippen LogP contribution in [0.5, 0.6) is 5.75 Å². The van der Waals surface area contributed by atoms with Crippen molar-refractivity contribution in [2.45, 2.75) is 13.0 Å². The Bertz CT molecular complexity index is 1070. The van der Waals surface area contributed by atoms with E-state index in [1.165, 1.54) is 16.9 Å². The number of nitrogens with zero attached hydrogens (tertiary/aromatic N) is 1. The van der Waals surface area contributed by atoms with E-state index in [2.05, 4.69) is 27.4 Å². The van der Waals surface area contributed by atoms with E-state index in [0.717, 1.165) is 33.8 Å². The van der Waals surface area contributed by atoms with Gasteiger partial charge in [-0.05, 0) is 29.8 Å². The van der Waals surface area contributed by atoms with Crippen LogP contribution >= 0.6 is 11.3 Å². The van der Waals surface area contributed by atoms with Gasteiger partial charge in [-0.3, -0.25) is 4.79 Å². The van der Waals surface area contributed by atoms with Crippen LogP contribution in [0.4, 0.5) is 0 Å². The van der Waals surface area contributed by atoms with Crippen molar-refractivity contribution in [1.82, 2.24) is 15.3 Å². The van der Waals surface area contributed by atoms with E-state index in [4.69, 9.17) is 4.74 Å². The molecule has 0 saturated carbocycles. The summed E-state index contributed by atoms with van der Waals surface area (Å²) >= 11 is 1.51. The molecule has 0 aliphatic heterocycles. The van der Waals surface area contributed by atoms with E-state index >= 15 is 0 Å². The quantitative estimate of drug-likeness (QED) is 0.530. The van der Waals surface area contributed by atoms with Crippen LogP contribution in [0.2, 0.25) is 0 Å². The zero-order valence-electron chi connectivity index (χ0n) is 14.9. The fraction of sp³-hybridized carbons (Fsp3) is 0.143. The van der Waals surface area contributed by atoms with Gasteiger partial charge in [-0.15, -0.1) is 11.3 Å². The van der Waals surface area contributed by atoms with Gasteiger partial charge in [0.15, 0.2) is 0 Å².